The average molecular weight is 180 g/mol. The van der Waals surface area contributed by atoms with Gasteiger partial charge in [0.05, 0.1) is 0 Å². The first-order chi connectivity index (χ1) is 6.33. The van der Waals surface area contributed by atoms with Crippen LogP contribution in [0.2, 0.25) is 0 Å². The molecule has 0 bridgehead atoms. The van der Waals surface area contributed by atoms with Crippen molar-refractivity contribution < 1.29 is 0 Å². The maximum atomic E-state index is 2.77. The summed E-state index contributed by atoms with van der Waals surface area (Å²) in [5.41, 5.74) is 0. The second-order valence-electron chi connectivity index (χ2n) is 5.28. The maximum Gasteiger partial charge on any atom is 0.00955 e. The fourth-order valence-corrected chi connectivity index (χ4v) is 3.31. The largest absolute Gasteiger partial charge is 0.306 e. The lowest BCUT2D eigenvalue weighted by molar-refractivity contribution is 0.141. The minimum Gasteiger partial charge on any atom is -0.306 e. The van der Waals surface area contributed by atoms with Crippen molar-refractivity contribution >= 4 is 0 Å². The topological polar surface area (TPSA) is 6.48 Å². The van der Waals surface area contributed by atoms with Crippen molar-refractivity contribution in [1.29, 1.82) is 0 Å². The van der Waals surface area contributed by atoms with E-state index in [9.17, 15) is 0 Å². The zero-order valence-corrected chi connectivity index (χ0v) is 8.58. The first-order valence-corrected chi connectivity index (χ1v) is 5.75. The molecule has 0 amide bonds. The van der Waals surface area contributed by atoms with Gasteiger partial charge in [0.25, 0.3) is 0 Å². The van der Waals surface area contributed by atoms with Gasteiger partial charge in [-0.2, -0.15) is 0 Å². The smallest absolute Gasteiger partial charge is 0.00955 e. The highest BCUT2D eigenvalue weighted by atomic mass is 15.2. The summed E-state index contributed by atoms with van der Waals surface area (Å²) in [4.78, 5) is 5.28. The highest BCUT2D eigenvalue weighted by Crippen LogP contribution is 2.35. The second kappa shape index (κ2) is 2.96. The molecule has 3 aliphatic rings. The lowest BCUT2D eigenvalue weighted by Crippen LogP contribution is -2.40. The normalized spacial score (nSPS) is 42.2. The number of nitrogens with zero attached hydrogens (tertiary/aromatic N) is 2. The average Bonchev–Trinajstić information content (AvgIpc) is 2.39. The molecule has 0 aromatic rings. The molecule has 1 aliphatic carbocycles. The van der Waals surface area contributed by atoms with Crippen molar-refractivity contribution in [2.45, 2.75) is 25.3 Å². The first-order valence-electron chi connectivity index (χ1n) is 5.75. The Hall–Kier alpha value is -0.0800. The highest BCUT2D eigenvalue weighted by Gasteiger charge is 2.41. The van der Waals surface area contributed by atoms with Crippen molar-refractivity contribution in [3.05, 3.63) is 0 Å². The van der Waals surface area contributed by atoms with Crippen LogP contribution in [-0.4, -0.2) is 49.1 Å². The molecule has 3 fully saturated rings. The van der Waals surface area contributed by atoms with Crippen LogP contribution in [0.5, 0.6) is 0 Å². The van der Waals surface area contributed by atoms with Crippen LogP contribution in [0.25, 0.3) is 0 Å². The van der Waals surface area contributed by atoms with Crippen LogP contribution in [0.1, 0.15) is 19.3 Å². The van der Waals surface area contributed by atoms with E-state index in [-0.39, 0.29) is 0 Å². The van der Waals surface area contributed by atoms with Gasteiger partial charge in [-0.1, -0.05) is 6.42 Å². The Kier molecular flexibility index (Phi) is 1.88. The number of hydrogen-bond acceptors (Lipinski definition) is 2. The fraction of sp³-hybridized carbons (Fsp3) is 1.00. The third-order valence-electron chi connectivity index (χ3n) is 4.29. The third-order valence-corrected chi connectivity index (χ3v) is 4.29. The molecule has 3 rings (SSSR count). The van der Waals surface area contributed by atoms with Gasteiger partial charge in [-0.25, -0.2) is 0 Å². The Labute approximate surface area is 80.9 Å². The number of fused-ring (bicyclic) bond motifs is 1. The van der Waals surface area contributed by atoms with Crippen molar-refractivity contribution in [2.75, 3.05) is 33.2 Å². The zero-order valence-electron chi connectivity index (χ0n) is 8.58. The molecule has 2 saturated heterocycles. The lowest BCUT2D eigenvalue weighted by Gasteiger charge is -2.35. The van der Waals surface area contributed by atoms with Crippen molar-refractivity contribution in [1.82, 2.24) is 9.80 Å². The van der Waals surface area contributed by atoms with E-state index in [0.717, 1.165) is 17.9 Å². The molecule has 2 aliphatic heterocycles. The van der Waals surface area contributed by atoms with Gasteiger partial charge in [-0.3, -0.25) is 4.90 Å². The van der Waals surface area contributed by atoms with Gasteiger partial charge in [0, 0.05) is 32.2 Å². The summed E-state index contributed by atoms with van der Waals surface area (Å²) in [5, 5.41) is 0. The predicted molar refractivity (Wildman–Crippen MR) is 53.7 cm³/mol. The minimum absolute atomic E-state index is 0.982. The van der Waals surface area contributed by atoms with E-state index in [1.807, 2.05) is 0 Å². The molecule has 2 heteroatoms. The molecule has 1 saturated carbocycles. The Morgan fingerprint density at radius 2 is 1.54 bits per heavy atom. The lowest BCUT2D eigenvalue weighted by atomic mass is 9.92. The summed E-state index contributed by atoms with van der Waals surface area (Å²) < 4.78 is 0. The SMILES string of the molecule is CN1CC2CN(C3CCC3)CC2C1. The van der Waals surface area contributed by atoms with Crippen LogP contribution in [0.15, 0.2) is 0 Å². The van der Waals surface area contributed by atoms with Crippen molar-refractivity contribution in [2.24, 2.45) is 11.8 Å². The molecule has 0 N–H and O–H groups in total. The fourth-order valence-electron chi connectivity index (χ4n) is 3.31. The molecule has 2 atom stereocenters. The van der Waals surface area contributed by atoms with Crippen molar-refractivity contribution in [3.63, 3.8) is 0 Å². The number of hydrogen-bond donors (Lipinski definition) is 0. The molecule has 0 aromatic heterocycles. The van der Waals surface area contributed by atoms with Gasteiger partial charge < -0.3 is 4.90 Å². The molecule has 13 heavy (non-hydrogen) atoms. The molecule has 0 spiro atoms. The Balaban J connectivity index is 1.61. The molecular formula is C11H20N2. The van der Waals surface area contributed by atoms with Gasteiger partial charge in [-0.05, 0) is 31.7 Å². The van der Waals surface area contributed by atoms with Gasteiger partial charge in [-0.15, -0.1) is 0 Å². The van der Waals surface area contributed by atoms with Crippen LogP contribution in [-0.2, 0) is 0 Å². The second-order valence-corrected chi connectivity index (χ2v) is 5.28. The van der Waals surface area contributed by atoms with Gasteiger partial charge in [0.15, 0.2) is 0 Å². The highest BCUT2D eigenvalue weighted by molar-refractivity contribution is 4.95. The van der Waals surface area contributed by atoms with E-state index < -0.39 is 0 Å². The third kappa shape index (κ3) is 1.31. The van der Waals surface area contributed by atoms with E-state index in [4.69, 9.17) is 0 Å². The Bertz CT molecular complexity index is 186. The van der Waals surface area contributed by atoms with E-state index in [1.165, 1.54) is 45.4 Å². The molecule has 0 radical (unpaired) electrons. The maximum absolute atomic E-state index is 2.77. The van der Waals surface area contributed by atoms with Gasteiger partial charge >= 0.3 is 0 Å². The summed E-state index contributed by atoms with van der Waals surface area (Å²) in [6, 6.07) is 0.982. The molecule has 0 aromatic carbocycles. The van der Waals surface area contributed by atoms with Crippen LogP contribution in [0.3, 0.4) is 0 Å². The first kappa shape index (κ1) is 8.25. The number of rotatable bonds is 1. The standard InChI is InChI=1S/C11H20N2/c1-12-5-9-7-13(8-10(9)6-12)11-3-2-4-11/h9-11H,2-8H2,1H3. The van der Waals surface area contributed by atoms with E-state index in [2.05, 4.69) is 16.8 Å². The molecular weight excluding hydrogens is 160 g/mol. The summed E-state index contributed by atoms with van der Waals surface area (Å²) in [6.45, 7) is 5.52. The Morgan fingerprint density at radius 1 is 0.923 bits per heavy atom. The van der Waals surface area contributed by atoms with Crippen LogP contribution in [0.4, 0.5) is 0 Å². The zero-order chi connectivity index (χ0) is 8.84. The summed E-state index contributed by atoms with van der Waals surface area (Å²) in [5.74, 6) is 2.01. The minimum atomic E-state index is 0.982. The molecule has 74 valence electrons. The van der Waals surface area contributed by atoms with Crippen LogP contribution < -0.4 is 0 Å². The summed E-state index contributed by atoms with van der Waals surface area (Å²) in [6.07, 6.45) is 4.45. The van der Waals surface area contributed by atoms with Crippen LogP contribution in [0, 0.1) is 11.8 Å². The summed E-state index contributed by atoms with van der Waals surface area (Å²) >= 11 is 0. The monoisotopic (exact) mass is 180 g/mol. The molecule has 2 unspecified atom stereocenters. The van der Waals surface area contributed by atoms with Gasteiger partial charge in [0.1, 0.15) is 0 Å². The number of likely N-dealkylation sites (tertiary alicyclic amines) is 2. The van der Waals surface area contributed by atoms with Gasteiger partial charge in [0.2, 0.25) is 0 Å². The summed E-state index contributed by atoms with van der Waals surface area (Å²) in [7, 11) is 2.27. The molecule has 2 nitrogen and oxygen atoms in total. The molecule has 2 heterocycles. The quantitative estimate of drug-likeness (QED) is 0.595. The van der Waals surface area contributed by atoms with E-state index in [0.29, 0.717) is 0 Å². The Morgan fingerprint density at radius 3 is 2.00 bits per heavy atom. The van der Waals surface area contributed by atoms with E-state index in [1.54, 1.807) is 0 Å². The predicted octanol–water partition coefficient (Wildman–Crippen LogP) is 1.03. The van der Waals surface area contributed by atoms with Crippen molar-refractivity contribution in [3.8, 4) is 0 Å². The van der Waals surface area contributed by atoms with E-state index >= 15 is 0 Å². The van der Waals surface area contributed by atoms with Crippen LogP contribution >= 0.6 is 0 Å².